The van der Waals surface area contributed by atoms with Gasteiger partial charge in [0.25, 0.3) is 5.91 Å². The molecule has 124 valence electrons. The summed E-state index contributed by atoms with van der Waals surface area (Å²) < 4.78 is 7.26. The van der Waals surface area contributed by atoms with E-state index in [0.717, 1.165) is 28.8 Å². The standard InChI is InChI=1S/C19H18N2O2.HI/c1-3-21-10-8-17(9-11-21)20-19(22)16-5-4-15-13-18(23-2)7-6-14(15)12-16;/h4-13H,3H2,1-2H3;1H. The highest BCUT2D eigenvalue weighted by Crippen LogP contribution is 2.22. The minimum atomic E-state index is -0.114. The molecule has 0 radical (unpaired) electrons. The van der Waals surface area contributed by atoms with Gasteiger partial charge in [-0.25, -0.2) is 4.57 Å². The summed E-state index contributed by atoms with van der Waals surface area (Å²) >= 11 is 0. The Morgan fingerprint density at radius 1 is 1.04 bits per heavy atom. The van der Waals surface area contributed by atoms with Gasteiger partial charge in [-0.1, -0.05) is 12.1 Å². The van der Waals surface area contributed by atoms with Crippen molar-refractivity contribution in [1.82, 2.24) is 0 Å². The predicted octanol–water partition coefficient (Wildman–Crippen LogP) is 0.412. The highest BCUT2D eigenvalue weighted by molar-refractivity contribution is 6.06. The second-order valence-electron chi connectivity index (χ2n) is 5.30. The van der Waals surface area contributed by atoms with Gasteiger partial charge in [0.1, 0.15) is 12.3 Å². The zero-order valence-electron chi connectivity index (χ0n) is 13.6. The normalized spacial score (nSPS) is 10.1. The number of ether oxygens (including phenoxy) is 1. The minimum Gasteiger partial charge on any atom is -1.00 e. The van der Waals surface area contributed by atoms with Gasteiger partial charge in [0, 0.05) is 17.7 Å². The number of benzene rings is 2. The van der Waals surface area contributed by atoms with Crippen LogP contribution in [-0.4, -0.2) is 13.0 Å². The number of methoxy groups -OCH3 is 1. The number of anilines is 1. The van der Waals surface area contributed by atoms with Crippen molar-refractivity contribution in [2.24, 2.45) is 0 Å². The van der Waals surface area contributed by atoms with E-state index < -0.39 is 0 Å². The van der Waals surface area contributed by atoms with E-state index in [1.807, 2.05) is 65.5 Å². The van der Waals surface area contributed by atoms with Crippen LogP contribution in [0.5, 0.6) is 5.75 Å². The zero-order chi connectivity index (χ0) is 16.2. The third kappa shape index (κ3) is 4.03. The van der Waals surface area contributed by atoms with Gasteiger partial charge in [0.15, 0.2) is 12.4 Å². The molecule has 0 fully saturated rings. The molecule has 0 aliphatic rings. The Kier molecular flexibility index (Phi) is 6.14. The number of amides is 1. The maximum Gasteiger partial charge on any atom is 0.255 e. The molecule has 0 aliphatic carbocycles. The third-order valence-electron chi connectivity index (χ3n) is 3.82. The van der Waals surface area contributed by atoms with Crippen LogP contribution in [0.4, 0.5) is 5.69 Å². The molecule has 5 heteroatoms. The van der Waals surface area contributed by atoms with Crippen molar-refractivity contribution in [1.29, 1.82) is 0 Å². The molecule has 3 aromatic rings. The average molecular weight is 434 g/mol. The van der Waals surface area contributed by atoms with Crippen LogP contribution in [0.25, 0.3) is 10.8 Å². The van der Waals surface area contributed by atoms with Crippen LogP contribution >= 0.6 is 0 Å². The van der Waals surface area contributed by atoms with Crippen molar-refractivity contribution < 1.29 is 38.1 Å². The molecule has 1 N–H and O–H groups in total. The number of nitrogens with zero attached hydrogens (tertiary/aromatic N) is 1. The molecular formula is C19H19IN2O2. The first-order chi connectivity index (χ1) is 11.2. The lowest BCUT2D eigenvalue weighted by atomic mass is 10.1. The predicted molar refractivity (Wildman–Crippen MR) is 90.8 cm³/mol. The first-order valence-electron chi connectivity index (χ1n) is 7.58. The summed E-state index contributed by atoms with van der Waals surface area (Å²) in [5.74, 6) is 0.695. The van der Waals surface area contributed by atoms with Gasteiger partial charge in [-0.05, 0) is 42.0 Å². The second kappa shape index (κ2) is 8.10. The van der Waals surface area contributed by atoms with Gasteiger partial charge in [-0.2, -0.15) is 0 Å². The second-order valence-corrected chi connectivity index (χ2v) is 5.30. The summed E-state index contributed by atoms with van der Waals surface area (Å²) in [4.78, 5) is 12.4. The van der Waals surface area contributed by atoms with E-state index in [1.165, 1.54) is 0 Å². The SMILES string of the molecule is CC[n+]1ccc(NC(=O)c2ccc3cc(OC)ccc3c2)cc1.[I-]. The fourth-order valence-electron chi connectivity index (χ4n) is 2.45. The lowest BCUT2D eigenvalue weighted by Crippen LogP contribution is -3.00. The van der Waals surface area contributed by atoms with Gasteiger partial charge in [-0.15, -0.1) is 0 Å². The van der Waals surface area contributed by atoms with Crippen LogP contribution < -0.4 is 38.6 Å². The molecule has 2 aromatic carbocycles. The smallest absolute Gasteiger partial charge is 0.255 e. The fourth-order valence-corrected chi connectivity index (χ4v) is 2.45. The maximum atomic E-state index is 12.4. The topological polar surface area (TPSA) is 42.2 Å². The number of aromatic nitrogens is 1. The number of rotatable bonds is 4. The van der Waals surface area contributed by atoms with Gasteiger partial charge >= 0.3 is 0 Å². The van der Waals surface area contributed by atoms with Crippen LogP contribution in [0.3, 0.4) is 0 Å². The molecule has 0 atom stereocenters. The lowest BCUT2D eigenvalue weighted by molar-refractivity contribution is -0.693. The fraction of sp³-hybridized carbons (Fsp3) is 0.158. The van der Waals surface area contributed by atoms with Crippen LogP contribution in [-0.2, 0) is 6.54 Å². The molecule has 3 rings (SSSR count). The van der Waals surface area contributed by atoms with E-state index in [0.29, 0.717) is 5.56 Å². The number of halogens is 1. The molecule has 0 saturated heterocycles. The van der Waals surface area contributed by atoms with Gasteiger partial charge in [-0.3, -0.25) is 4.79 Å². The summed E-state index contributed by atoms with van der Waals surface area (Å²) in [5.41, 5.74) is 1.42. The van der Waals surface area contributed by atoms with E-state index in [1.54, 1.807) is 7.11 Å². The van der Waals surface area contributed by atoms with E-state index in [2.05, 4.69) is 12.2 Å². The molecule has 1 amide bonds. The number of carbonyl (C=O) groups excluding carboxylic acids is 1. The summed E-state index contributed by atoms with van der Waals surface area (Å²) in [7, 11) is 1.64. The van der Waals surface area contributed by atoms with Crippen molar-refractivity contribution in [2.45, 2.75) is 13.5 Å². The molecule has 1 aromatic heterocycles. The third-order valence-corrected chi connectivity index (χ3v) is 3.82. The molecule has 24 heavy (non-hydrogen) atoms. The van der Waals surface area contributed by atoms with E-state index >= 15 is 0 Å². The number of pyridine rings is 1. The minimum absolute atomic E-state index is 0. The van der Waals surface area contributed by atoms with Crippen LogP contribution in [0, 0.1) is 0 Å². The molecule has 0 bridgehead atoms. The number of nitrogens with one attached hydrogen (secondary N) is 1. The molecule has 0 unspecified atom stereocenters. The summed E-state index contributed by atoms with van der Waals surface area (Å²) in [6.45, 7) is 2.98. The highest BCUT2D eigenvalue weighted by atomic mass is 127. The molecule has 0 aliphatic heterocycles. The lowest BCUT2D eigenvalue weighted by Gasteiger charge is -2.07. The zero-order valence-corrected chi connectivity index (χ0v) is 15.8. The van der Waals surface area contributed by atoms with Crippen molar-refractivity contribution in [3.8, 4) is 5.75 Å². The molecule has 0 saturated carbocycles. The summed E-state index contributed by atoms with van der Waals surface area (Å²) in [6.07, 6.45) is 3.89. The van der Waals surface area contributed by atoms with E-state index in [4.69, 9.17) is 4.74 Å². The highest BCUT2D eigenvalue weighted by Gasteiger charge is 2.08. The number of fused-ring (bicyclic) bond motifs is 1. The quantitative estimate of drug-likeness (QED) is 0.478. The number of carbonyl (C=O) groups is 1. The van der Waals surface area contributed by atoms with Crippen molar-refractivity contribution >= 4 is 22.4 Å². The molecule has 1 heterocycles. The maximum absolute atomic E-state index is 12.4. The monoisotopic (exact) mass is 434 g/mol. The van der Waals surface area contributed by atoms with Gasteiger partial charge in [0.2, 0.25) is 0 Å². The van der Waals surface area contributed by atoms with Crippen molar-refractivity contribution in [3.63, 3.8) is 0 Å². The van der Waals surface area contributed by atoms with Crippen LogP contribution in [0.15, 0.2) is 60.9 Å². The first-order valence-corrected chi connectivity index (χ1v) is 7.58. The Bertz CT molecular complexity index is 848. The first kappa shape index (κ1) is 18.2. The molecule has 4 nitrogen and oxygen atoms in total. The number of hydrogen-bond donors (Lipinski definition) is 1. The van der Waals surface area contributed by atoms with Crippen molar-refractivity contribution in [2.75, 3.05) is 12.4 Å². The Morgan fingerprint density at radius 2 is 1.71 bits per heavy atom. The Labute approximate surface area is 158 Å². The van der Waals surface area contributed by atoms with Crippen molar-refractivity contribution in [3.05, 3.63) is 66.5 Å². The Balaban J connectivity index is 0.00000208. The van der Waals surface area contributed by atoms with Crippen LogP contribution in [0.1, 0.15) is 17.3 Å². The molecule has 0 spiro atoms. The number of hydrogen-bond acceptors (Lipinski definition) is 2. The van der Waals surface area contributed by atoms with Gasteiger partial charge in [0.05, 0.1) is 12.8 Å². The summed E-state index contributed by atoms with van der Waals surface area (Å²) in [5, 5.41) is 4.98. The molecular weight excluding hydrogens is 415 g/mol. The largest absolute Gasteiger partial charge is 1.00 e. The van der Waals surface area contributed by atoms with Crippen LogP contribution in [0.2, 0.25) is 0 Å². The summed E-state index contributed by atoms with van der Waals surface area (Å²) in [6, 6.07) is 15.2. The van der Waals surface area contributed by atoms with Gasteiger partial charge < -0.3 is 34.0 Å². The number of aryl methyl sites for hydroxylation is 1. The Morgan fingerprint density at radius 3 is 2.38 bits per heavy atom. The Hall–Kier alpha value is -2.15. The average Bonchev–Trinajstić information content (AvgIpc) is 2.61. The van der Waals surface area contributed by atoms with E-state index in [-0.39, 0.29) is 29.9 Å². The van der Waals surface area contributed by atoms with E-state index in [9.17, 15) is 4.79 Å².